The molecule has 3 heterocycles. The molecular formula is C25H21ClFN7O. The third-order valence-corrected chi connectivity index (χ3v) is 6.22. The molecule has 3 aromatic heterocycles. The first-order chi connectivity index (χ1) is 16.8. The fourth-order valence-electron chi connectivity index (χ4n) is 4.08. The molecule has 0 atom stereocenters. The summed E-state index contributed by atoms with van der Waals surface area (Å²) in [4.78, 5) is 22.3. The number of hydrogen-bond donors (Lipinski definition) is 1. The molecule has 0 spiro atoms. The number of benzene rings is 2. The predicted molar refractivity (Wildman–Crippen MR) is 132 cm³/mol. The zero-order valence-corrected chi connectivity index (χ0v) is 20.0. The first kappa shape index (κ1) is 22.7. The van der Waals surface area contributed by atoms with Crippen molar-refractivity contribution in [2.75, 3.05) is 5.32 Å². The molecular weight excluding hydrogens is 469 g/mol. The number of para-hydroxylation sites is 1. The molecule has 0 saturated heterocycles. The van der Waals surface area contributed by atoms with E-state index in [-0.39, 0.29) is 18.4 Å². The van der Waals surface area contributed by atoms with Crippen LogP contribution >= 0.6 is 11.6 Å². The van der Waals surface area contributed by atoms with Crippen LogP contribution in [0.5, 0.6) is 0 Å². The zero-order chi connectivity index (χ0) is 24.7. The maximum Gasteiger partial charge on any atom is 0.258 e. The second-order valence-electron chi connectivity index (χ2n) is 8.16. The highest BCUT2D eigenvalue weighted by Crippen LogP contribution is 2.29. The minimum Gasteiger partial charge on any atom is -0.289 e. The van der Waals surface area contributed by atoms with Gasteiger partial charge in [0.25, 0.3) is 5.91 Å². The van der Waals surface area contributed by atoms with Gasteiger partial charge in [0.15, 0.2) is 0 Å². The van der Waals surface area contributed by atoms with Crippen LogP contribution in [-0.4, -0.2) is 35.4 Å². The van der Waals surface area contributed by atoms with Crippen LogP contribution in [0.25, 0.3) is 22.2 Å². The third-order valence-electron chi connectivity index (χ3n) is 5.87. The number of nitrogens with one attached hydrogen (secondary N) is 1. The smallest absolute Gasteiger partial charge is 0.258 e. The summed E-state index contributed by atoms with van der Waals surface area (Å²) in [5.74, 6) is -0.722. The van der Waals surface area contributed by atoms with Crippen molar-refractivity contribution in [2.24, 2.45) is 7.05 Å². The Balaban J connectivity index is 1.48. The van der Waals surface area contributed by atoms with Gasteiger partial charge in [-0.3, -0.25) is 14.8 Å². The number of aryl methyl sites for hydroxylation is 2. The average Bonchev–Trinajstić information content (AvgIpc) is 3.38. The number of fused-ring (bicyclic) bond motifs is 1. The van der Waals surface area contributed by atoms with Gasteiger partial charge in [-0.2, -0.15) is 5.10 Å². The number of halogens is 2. The Morgan fingerprint density at radius 1 is 1.11 bits per heavy atom. The summed E-state index contributed by atoms with van der Waals surface area (Å²) >= 11 is 6.11. The first-order valence-electron chi connectivity index (χ1n) is 10.9. The normalized spacial score (nSPS) is 11.2. The molecule has 5 rings (SSSR count). The monoisotopic (exact) mass is 489 g/mol. The van der Waals surface area contributed by atoms with Gasteiger partial charge in [-0.05, 0) is 38.1 Å². The predicted octanol–water partition coefficient (Wildman–Crippen LogP) is 4.94. The van der Waals surface area contributed by atoms with Gasteiger partial charge in [0.2, 0.25) is 5.95 Å². The molecule has 176 valence electrons. The quantitative estimate of drug-likeness (QED) is 0.378. The van der Waals surface area contributed by atoms with E-state index in [1.54, 1.807) is 16.8 Å². The molecule has 5 aromatic rings. The summed E-state index contributed by atoms with van der Waals surface area (Å²) in [5.41, 5.74) is 4.73. The average molecular weight is 490 g/mol. The van der Waals surface area contributed by atoms with Crippen molar-refractivity contribution in [1.29, 1.82) is 0 Å². The van der Waals surface area contributed by atoms with E-state index in [2.05, 4.69) is 20.5 Å². The molecule has 2 aromatic carbocycles. The molecule has 0 radical (unpaired) electrons. The van der Waals surface area contributed by atoms with E-state index in [0.717, 1.165) is 17.0 Å². The number of anilines is 1. The van der Waals surface area contributed by atoms with Gasteiger partial charge in [-0.15, -0.1) is 5.10 Å². The summed E-state index contributed by atoms with van der Waals surface area (Å²) in [5, 5.41) is 12.5. The van der Waals surface area contributed by atoms with E-state index in [1.807, 2.05) is 45.2 Å². The highest BCUT2D eigenvalue weighted by atomic mass is 35.5. The number of carbonyl (C=O) groups is 1. The third kappa shape index (κ3) is 4.26. The van der Waals surface area contributed by atoms with Crippen LogP contribution in [0.2, 0.25) is 5.02 Å². The zero-order valence-electron chi connectivity index (χ0n) is 19.3. The van der Waals surface area contributed by atoms with Gasteiger partial charge in [0.05, 0.1) is 29.0 Å². The summed E-state index contributed by atoms with van der Waals surface area (Å²) in [6, 6.07) is 13.7. The van der Waals surface area contributed by atoms with Crippen molar-refractivity contribution in [1.82, 2.24) is 29.5 Å². The van der Waals surface area contributed by atoms with Crippen molar-refractivity contribution >= 4 is 34.4 Å². The summed E-state index contributed by atoms with van der Waals surface area (Å²) < 4.78 is 17.3. The maximum absolute atomic E-state index is 14.1. The minimum atomic E-state index is -0.435. The van der Waals surface area contributed by atoms with Gasteiger partial charge < -0.3 is 0 Å². The fraction of sp³-hybridized carbons (Fsp3) is 0.160. The Morgan fingerprint density at radius 3 is 2.66 bits per heavy atom. The molecule has 0 saturated carbocycles. The van der Waals surface area contributed by atoms with Gasteiger partial charge >= 0.3 is 0 Å². The summed E-state index contributed by atoms with van der Waals surface area (Å²) in [7, 11) is 1.87. The molecule has 0 bridgehead atoms. The Bertz CT molecular complexity index is 1570. The van der Waals surface area contributed by atoms with E-state index in [1.165, 1.54) is 23.1 Å². The number of pyridine rings is 1. The number of nitrogens with zero attached hydrogens (tertiary/aromatic N) is 6. The second kappa shape index (κ2) is 8.92. The molecule has 0 aliphatic carbocycles. The number of hydrogen-bond acceptors (Lipinski definition) is 5. The molecule has 10 heteroatoms. The molecule has 35 heavy (non-hydrogen) atoms. The van der Waals surface area contributed by atoms with Crippen molar-refractivity contribution in [2.45, 2.75) is 20.4 Å². The standard InChI is InChI=1S/C25H21ClFN7O/c1-14-23(15(2)33(3)31-14)22-11-17(16-7-4-5-10-21(16)29-22)24(35)30-25-28-13-34(32-25)12-18-19(26)8-6-9-20(18)27/h4-11,13H,12H2,1-3H3,(H,30,32,35). The molecule has 1 amide bonds. The fourth-order valence-corrected chi connectivity index (χ4v) is 4.30. The van der Waals surface area contributed by atoms with Crippen LogP contribution in [-0.2, 0) is 13.6 Å². The molecule has 8 nitrogen and oxygen atoms in total. The van der Waals surface area contributed by atoms with Crippen molar-refractivity contribution in [3.63, 3.8) is 0 Å². The topological polar surface area (TPSA) is 90.5 Å². The van der Waals surface area contributed by atoms with Crippen LogP contribution in [0.1, 0.15) is 27.3 Å². The van der Waals surface area contributed by atoms with Crippen molar-refractivity contribution in [3.05, 3.63) is 88.2 Å². The summed E-state index contributed by atoms with van der Waals surface area (Å²) in [6.45, 7) is 3.96. The molecule has 1 N–H and O–H groups in total. The van der Waals surface area contributed by atoms with Crippen LogP contribution in [0.3, 0.4) is 0 Å². The Kier molecular flexibility index (Phi) is 5.78. The number of rotatable bonds is 5. The van der Waals surface area contributed by atoms with E-state index in [9.17, 15) is 9.18 Å². The highest BCUT2D eigenvalue weighted by molar-refractivity contribution is 6.31. The lowest BCUT2D eigenvalue weighted by molar-refractivity contribution is 0.102. The number of aromatic nitrogens is 6. The Morgan fingerprint density at radius 2 is 1.91 bits per heavy atom. The largest absolute Gasteiger partial charge is 0.289 e. The lowest BCUT2D eigenvalue weighted by Gasteiger charge is -2.10. The molecule has 0 aliphatic heterocycles. The number of amides is 1. The highest BCUT2D eigenvalue weighted by Gasteiger charge is 2.19. The minimum absolute atomic E-state index is 0.0796. The van der Waals surface area contributed by atoms with E-state index in [0.29, 0.717) is 32.7 Å². The van der Waals surface area contributed by atoms with Crippen LogP contribution in [0.15, 0.2) is 54.9 Å². The Labute approximate surface area is 205 Å². The Hall–Kier alpha value is -4.11. The van der Waals surface area contributed by atoms with Crippen LogP contribution in [0, 0.1) is 19.7 Å². The van der Waals surface area contributed by atoms with E-state index in [4.69, 9.17) is 16.6 Å². The molecule has 0 unspecified atom stereocenters. The molecule has 0 aliphatic rings. The number of carbonyl (C=O) groups excluding carboxylic acids is 1. The first-order valence-corrected chi connectivity index (χ1v) is 11.2. The SMILES string of the molecule is Cc1nn(C)c(C)c1-c1cc(C(=O)Nc2ncn(Cc3c(F)cccc3Cl)n2)c2ccccc2n1. The molecule has 0 fully saturated rings. The van der Waals surface area contributed by atoms with Crippen molar-refractivity contribution < 1.29 is 9.18 Å². The van der Waals surface area contributed by atoms with Gasteiger partial charge in [0, 0.05) is 34.3 Å². The summed E-state index contributed by atoms with van der Waals surface area (Å²) in [6.07, 6.45) is 1.41. The van der Waals surface area contributed by atoms with E-state index < -0.39 is 5.82 Å². The van der Waals surface area contributed by atoms with Gasteiger partial charge in [-0.1, -0.05) is 35.9 Å². The van der Waals surface area contributed by atoms with E-state index >= 15 is 0 Å². The lowest BCUT2D eigenvalue weighted by atomic mass is 10.0. The lowest BCUT2D eigenvalue weighted by Crippen LogP contribution is -2.15. The van der Waals surface area contributed by atoms with Crippen molar-refractivity contribution in [3.8, 4) is 11.3 Å². The second-order valence-corrected chi connectivity index (χ2v) is 8.57. The maximum atomic E-state index is 14.1. The van der Waals surface area contributed by atoms with Crippen LogP contribution in [0.4, 0.5) is 10.3 Å². The van der Waals surface area contributed by atoms with Crippen LogP contribution < -0.4 is 5.32 Å². The van der Waals surface area contributed by atoms with Gasteiger partial charge in [-0.25, -0.2) is 19.0 Å². The van der Waals surface area contributed by atoms with Gasteiger partial charge in [0.1, 0.15) is 12.1 Å².